The molecule has 0 aromatic heterocycles. The van der Waals surface area contributed by atoms with E-state index < -0.39 is 5.97 Å². The highest BCUT2D eigenvalue weighted by atomic mass is 127. The number of carbonyl (C=O) groups is 1. The van der Waals surface area contributed by atoms with Crippen LogP contribution in [0.4, 0.5) is 0 Å². The Labute approximate surface area is 96.2 Å². The maximum absolute atomic E-state index is 10.8. The van der Waals surface area contributed by atoms with E-state index in [0.717, 1.165) is 3.57 Å². The zero-order valence-electron chi connectivity index (χ0n) is 7.95. The van der Waals surface area contributed by atoms with E-state index in [2.05, 4.69) is 22.6 Å². The number of hydrogen-bond donors (Lipinski definition) is 1. The molecule has 0 heterocycles. The zero-order valence-corrected chi connectivity index (χ0v) is 10.1. The summed E-state index contributed by atoms with van der Waals surface area (Å²) in [5.41, 5.74) is 0.208. The Hall–Kier alpha value is -0.780. The molecule has 0 aliphatic heterocycles. The van der Waals surface area contributed by atoms with E-state index in [1.165, 1.54) is 0 Å². The van der Waals surface area contributed by atoms with Crippen molar-refractivity contribution < 1.29 is 14.6 Å². The van der Waals surface area contributed by atoms with Crippen molar-refractivity contribution >= 4 is 28.6 Å². The van der Waals surface area contributed by atoms with Gasteiger partial charge in [0, 0.05) is 3.57 Å². The number of ether oxygens (including phenoxy) is 1. The molecule has 4 heteroatoms. The van der Waals surface area contributed by atoms with Crippen LogP contribution in [-0.2, 0) is 0 Å². The minimum absolute atomic E-state index is 0.0219. The SMILES string of the molecule is CC(C)Oc1cc(I)ccc1C(=O)O. The molecule has 14 heavy (non-hydrogen) atoms. The fraction of sp³-hybridized carbons (Fsp3) is 0.300. The first kappa shape index (κ1) is 11.3. The van der Waals surface area contributed by atoms with Crippen LogP contribution in [0.3, 0.4) is 0 Å². The van der Waals surface area contributed by atoms with Gasteiger partial charge in [-0.3, -0.25) is 0 Å². The summed E-state index contributed by atoms with van der Waals surface area (Å²) in [5.74, 6) is -0.531. The Morgan fingerprint density at radius 3 is 2.64 bits per heavy atom. The molecule has 0 saturated heterocycles. The van der Waals surface area contributed by atoms with Gasteiger partial charge in [-0.2, -0.15) is 0 Å². The van der Waals surface area contributed by atoms with Gasteiger partial charge in [-0.15, -0.1) is 0 Å². The molecule has 0 saturated carbocycles. The molecule has 0 aliphatic rings. The lowest BCUT2D eigenvalue weighted by Crippen LogP contribution is -2.10. The fourth-order valence-corrected chi connectivity index (χ4v) is 1.49. The number of rotatable bonds is 3. The monoisotopic (exact) mass is 306 g/mol. The first-order chi connectivity index (χ1) is 6.50. The molecule has 0 fully saturated rings. The second kappa shape index (κ2) is 4.63. The highest BCUT2D eigenvalue weighted by Crippen LogP contribution is 2.22. The summed E-state index contributed by atoms with van der Waals surface area (Å²) in [6.45, 7) is 3.73. The van der Waals surface area contributed by atoms with Gasteiger partial charge in [0.1, 0.15) is 11.3 Å². The van der Waals surface area contributed by atoms with Crippen molar-refractivity contribution in [2.24, 2.45) is 0 Å². The third-order valence-corrected chi connectivity index (χ3v) is 2.21. The van der Waals surface area contributed by atoms with Crippen LogP contribution in [0.5, 0.6) is 5.75 Å². The summed E-state index contributed by atoms with van der Waals surface area (Å²) in [6, 6.07) is 5.03. The largest absolute Gasteiger partial charge is 0.490 e. The first-order valence-electron chi connectivity index (χ1n) is 4.20. The van der Waals surface area contributed by atoms with E-state index in [-0.39, 0.29) is 11.7 Å². The molecule has 3 nitrogen and oxygen atoms in total. The van der Waals surface area contributed by atoms with Crippen molar-refractivity contribution in [1.82, 2.24) is 0 Å². The lowest BCUT2D eigenvalue weighted by molar-refractivity contribution is 0.0690. The van der Waals surface area contributed by atoms with Crippen molar-refractivity contribution in [1.29, 1.82) is 0 Å². The third kappa shape index (κ3) is 2.87. The minimum Gasteiger partial charge on any atom is -0.490 e. The normalized spacial score (nSPS) is 10.3. The van der Waals surface area contributed by atoms with Crippen LogP contribution in [0.2, 0.25) is 0 Å². The molecular weight excluding hydrogens is 295 g/mol. The molecule has 1 N–H and O–H groups in total. The number of hydrogen-bond acceptors (Lipinski definition) is 2. The Balaban J connectivity index is 3.09. The molecule has 0 unspecified atom stereocenters. The molecule has 0 bridgehead atoms. The Bertz CT molecular complexity index is 347. The summed E-state index contributed by atoms with van der Waals surface area (Å²) in [5, 5.41) is 8.89. The van der Waals surface area contributed by atoms with Crippen molar-refractivity contribution in [2.75, 3.05) is 0 Å². The molecule has 0 atom stereocenters. The smallest absolute Gasteiger partial charge is 0.339 e. The van der Waals surface area contributed by atoms with Crippen LogP contribution in [0.15, 0.2) is 18.2 Å². The standard InChI is InChI=1S/C10H11IO3/c1-6(2)14-9-5-7(11)3-4-8(9)10(12)13/h3-6H,1-2H3,(H,12,13). The third-order valence-electron chi connectivity index (χ3n) is 1.54. The minimum atomic E-state index is -0.961. The van der Waals surface area contributed by atoms with Gasteiger partial charge < -0.3 is 9.84 Å². The first-order valence-corrected chi connectivity index (χ1v) is 5.28. The van der Waals surface area contributed by atoms with Gasteiger partial charge in [-0.05, 0) is 54.6 Å². The molecule has 0 radical (unpaired) electrons. The predicted octanol–water partition coefficient (Wildman–Crippen LogP) is 2.78. The molecule has 1 rings (SSSR count). The molecule has 1 aromatic carbocycles. The molecule has 0 spiro atoms. The number of benzene rings is 1. The lowest BCUT2D eigenvalue weighted by atomic mass is 10.2. The predicted molar refractivity (Wildman–Crippen MR) is 61.9 cm³/mol. The van der Waals surface area contributed by atoms with E-state index in [1.807, 2.05) is 13.8 Å². The van der Waals surface area contributed by atoms with Crippen LogP contribution in [0.1, 0.15) is 24.2 Å². The van der Waals surface area contributed by atoms with Crippen LogP contribution in [0, 0.1) is 3.57 Å². The van der Waals surface area contributed by atoms with Crippen molar-refractivity contribution in [3.8, 4) is 5.75 Å². The average Bonchev–Trinajstić information content (AvgIpc) is 2.01. The van der Waals surface area contributed by atoms with Crippen LogP contribution in [0.25, 0.3) is 0 Å². The van der Waals surface area contributed by atoms with Gasteiger partial charge in [-0.1, -0.05) is 0 Å². The fourth-order valence-electron chi connectivity index (χ4n) is 1.02. The summed E-state index contributed by atoms with van der Waals surface area (Å²) in [7, 11) is 0. The van der Waals surface area contributed by atoms with Crippen molar-refractivity contribution in [3.63, 3.8) is 0 Å². The van der Waals surface area contributed by atoms with Gasteiger partial charge in [0.15, 0.2) is 0 Å². The van der Waals surface area contributed by atoms with Gasteiger partial charge in [0.25, 0.3) is 0 Å². The van der Waals surface area contributed by atoms with Crippen molar-refractivity contribution in [2.45, 2.75) is 20.0 Å². The van der Waals surface area contributed by atoms with E-state index in [9.17, 15) is 4.79 Å². The van der Waals surface area contributed by atoms with E-state index in [0.29, 0.717) is 5.75 Å². The summed E-state index contributed by atoms with van der Waals surface area (Å²) < 4.78 is 6.36. The number of carboxylic acid groups (broad SMARTS) is 1. The van der Waals surface area contributed by atoms with Crippen molar-refractivity contribution in [3.05, 3.63) is 27.3 Å². The van der Waals surface area contributed by atoms with Crippen LogP contribution >= 0.6 is 22.6 Å². The second-order valence-corrected chi connectivity index (χ2v) is 4.36. The van der Waals surface area contributed by atoms with Gasteiger partial charge in [-0.25, -0.2) is 4.79 Å². The van der Waals surface area contributed by atoms with Gasteiger partial charge in [0.05, 0.1) is 6.10 Å². The van der Waals surface area contributed by atoms with Gasteiger partial charge >= 0.3 is 5.97 Å². The number of aromatic carboxylic acids is 1. The zero-order chi connectivity index (χ0) is 10.7. The maximum Gasteiger partial charge on any atom is 0.339 e. The number of halogens is 1. The van der Waals surface area contributed by atoms with E-state index >= 15 is 0 Å². The highest BCUT2D eigenvalue weighted by Gasteiger charge is 2.12. The van der Waals surface area contributed by atoms with Crippen LogP contribution in [-0.4, -0.2) is 17.2 Å². The van der Waals surface area contributed by atoms with Crippen LogP contribution < -0.4 is 4.74 Å². The van der Waals surface area contributed by atoms with E-state index in [4.69, 9.17) is 9.84 Å². The second-order valence-electron chi connectivity index (χ2n) is 3.11. The Morgan fingerprint density at radius 1 is 1.50 bits per heavy atom. The summed E-state index contributed by atoms with van der Waals surface area (Å²) in [6.07, 6.45) is -0.0219. The molecular formula is C10H11IO3. The topological polar surface area (TPSA) is 46.5 Å². The molecule has 76 valence electrons. The molecule has 1 aromatic rings. The lowest BCUT2D eigenvalue weighted by Gasteiger charge is -2.12. The average molecular weight is 306 g/mol. The Morgan fingerprint density at radius 2 is 2.14 bits per heavy atom. The number of carboxylic acids is 1. The quantitative estimate of drug-likeness (QED) is 0.874. The molecule has 0 aliphatic carbocycles. The summed E-state index contributed by atoms with van der Waals surface area (Å²) >= 11 is 2.12. The summed E-state index contributed by atoms with van der Waals surface area (Å²) in [4.78, 5) is 10.8. The van der Waals surface area contributed by atoms with Gasteiger partial charge in [0.2, 0.25) is 0 Å². The molecule has 0 amide bonds. The highest BCUT2D eigenvalue weighted by molar-refractivity contribution is 14.1. The van der Waals surface area contributed by atoms with E-state index in [1.54, 1.807) is 18.2 Å². The maximum atomic E-state index is 10.8. The Kier molecular flexibility index (Phi) is 3.74.